The smallest absolute Gasteiger partial charge is 0.0814 e. The number of aryl methyl sites for hydroxylation is 1. The molecule has 2 rings (SSSR count). The van der Waals surface area contributed by atoms with E-state index < -0.39 is 0 Å². The molecule has 1 N–H and O–H groups in total. The van der Waals surface area contributed by atoms with Crippen molar-refractivity contribution in [2.75, 3.05) is 0 Å². The van der Waals surface area contributed by atoms with E-state index in [1.807, 2.05) is 11.6 Å². The first-order chi connectivity index (χ1) is 7.18. The van der Waals surface area contributed by atoms with Crippen molar-refractivity contribution in [1.29, 1.82) is 0 Å². The maximum absolute atomic E-state index is 9.69. The first-order valence-corrected chi connectivity index (χ1v) is 5.92. The average Bonchev–Trinajstić information content (AvgIpc) is 2.74. The number of nitrogens with zero attached hydrogens (tertiary/aromatic N) is 2. The van der Waals surface area contributed by atoms with Crippen LogP contribution in [-0.4, -0.2) is 21.0 Å². The Morgan fingerprint density at radius 2 is 2.40 bits per heavy atom. The minimum absolute atomic E-state index is 0.101. The summed E-state index contributed by atoms with van der Waals surface area (Å²) in [7, 11) is 0. The largest absolute Gasteiger partial charge is 0.393 e. The summed E-state index contributed by atoms with van der Waals surface area (Å²) in [5.41, 5.74) is 1.02. The van der Waals surface area contributed by atoms with Gasteiger partial charge in [-0.15, -0.1) is 0 Å². The van der Waals surface area contributed by atoms with Crippen molar-refractivity contribution in [2.24, 2.45) is 5.92 Å². The lowest BCUT2D eigenvalue weighted by Gasteiger charge is -2.14. The standard InChI is InChI=1S/C11H17ClN2O/c1-8-10(12)7-13-14(8)6-5-9-3-2-4-11(9)15/h7,9,11,15H,2-6H2,1H3. The van der Waals surface area contributed by atoms with Gasteiger partial charge in [0, 0.05) is 6.54 Å². The highest BCUT2D eigenvalue weighted by Crippen LogP contribution is 2.28. The fourth-order valence-corrected chi connectivity index (χ4v) is 2.43. The van der Waals surface area contributed by atoms with Gasteiger partial charge in [-0.3, -0.25) is 4.68 Å². The zero-order valence-electron chi connectivity index (χ0n) is 8.99. The van der Waals surface area contributed by atoms with Gasteiger partial charge in [-0.2, -0.15) is 5.10 Å². The molecule has 1 heterocycles. The molecule has 0 spiro atoms. The molecule has 0 radical (unpaired) electrons. The number of rotatable bonds is 3. The fourth-order valence-electron chi connectivity index (χ4n) is 2.29. The van der Waals surface area contributed by atoms with E-state index in [1.54, 1.807) is 6.20 Å². The van der Waals surface area contributed by atoms with E-state index in [0.717, 1.165) is 42.9 Å². The number of halogens is 1. The third-order valence-corrected chi connectivity index (χ3v) is 3.75. The summed E-state index contributed by atoms with van der Waals surface area (Å²) in [5, 5.41) is 14.6. The number of aliphatic hydroxyl groups excluding tert-OH is 1. The molecule has 2 atom stereocenters. The van der Waals surface area contributed by atoms with Gasteiger partial charge in [0.2, 0.25) is 0 Å². The number of hydrogen-bond donors (Lipinski definition) is 1. The molecule has 0 bridgehead atoms. The summed E-state index contributed by atoms with van der Waals surface area (Å²) in [6.07, 6.45) is 5.85. The van der Waals surface area contributed by atoms with Gasteiger partial charge in [0.1, 0.15) is 0 Å². The summed E-state index contributed by atoms with van der Waals surface area (Å²) in [6.45, 7) is 2.83. The Balaban J connectivity index is 1.90. The van der Waals surface area contributed by atoms with Crippen LogP contribution < -0.4 is 0 Å². The molecule has 3 nitrogen and oxygen atoms in total. The van der Waals surface area contributed by atoms with Crippen molar-refractivity contribution in [1.82, 2.24) is 9.78 Å². The molecule has 84 valence electrons. The van der Waals surface area contributed by atoms with Gasteiger partial charge in [0.25, 0.3) is 0 Å². The monoisotopic (exact) mass is 228 g/mol. The zero-order chi connectivity index (χ0) is 10.8. The summed E-state index contributed by atoms with van der Waals surface area (Å²) < 4.78 is 1.92. The fraction of sp³-hybridized carbons (Fsp3) is 0.727. The van der Waals surface area contributed by atoms with Crippen molar-refractivity contribution in [3.8, 4) is 0 Å². The van der Waals surface area contributed by atoms with Crippen LogP contribution in [0.3, 0.4) is 0 Å². The molecule has 1 aliphatic rings. The molecule has 0 saturated heterocycles. The highest BCUT2D eigenvalue weighted by molar-refractivity contribution is 6.31. The lowest BCUT2D eigenvalue weighted by molar-refractivity contribution is 0.124. The summed E-state index contributed by atoms with van der Waals surface area (Å²) in [5.74, 6) is 0.451. The van der Waals surface area contributed by atoms with Gasteiger partial charge in [0.05, 0.1) is 23.0 Å². The average molecular weight is 229 g/mol. The number of aromatic nitrogens is 2. The van der Waals surface area contributed by atoms with E-state index in [0.29, 0.717) is 5.92 Å². The van der Waals surface area contributed by atoms with Crippen molar-refractivity contribution in [2.45, 2.75) is 45.3 Å². The zero-order valence-corrected chi connectivity index (χ0v) is 9.74. The highest BCUT2D eigenvalue weighted by Gasteiger charge is 2.24. The lowest BCUT2D eigenvalue weighted by atomic mass is 10.0. The van der Waals surface area contributed by atoms with Crippen LogP contribution >= 0.6 is 11.6 Å². The molecule has 1 saturated carbocycles. The molecule has 2 unspecified atom stereocenters. The van der Waals surface area contributed by atoms with Crippen LogP contribution in [0, 0.1) is 12.8 Å². The van der Waals surface area contributed by atoms with Gasteiger partial charge in [-0.25, -0.2) is 0 Å². The van der Waals surface area contributed by atoms with Crippen LogP contribution in [0.1, 0.15) is 31.4 Å². The molecule has 0 amide bonds. The molecule has 1 aromatic heterocycles. The third-order valence-electron chi connectivity index (χ3n) is 3.37. The SMILES string of the molecule is Cc1c(Cl)cnn1CCC1CCCC1O. The molecule has 0 aromatic carbocycles. The Morgan fingerprint density at radius 1 is 1.60 bits per heavy atom. The van der Waals surface area contributed by atoms with Crippen molar-refractivity contribution >= 4 is 11.6 Å². The first-order valence-electron chi connectivity index (χ1n) is 5.54. The first kappa shape index (κ1) is 11.0. The van der Waals surface area contributed by atoms with E-state index >= 15 is 0 Å². The molecular formula is C11H17ClN2O. The Morgan fingerprint density at radius 3 is 2.93 bits per heavy atom. The molecule has 1 aliphatic carbocycles. The molecule has 4 heteroatoms. The molecule has 1 aromatic rings. The Bertz CT molecular complexity index is 337. The van der Waals surface area contributed by atoms with Crippen LogP contribution in [0.4, 0.5) is 0 Å². The van der Waals surface area contributed by atoms with Crippen LogP contribution in [0.5, 0.6) is 0 Å². The van der Waals surface area contributed by atoms with Gasteiger partial charge < -0.3 is 5.11 Å². The van der Waals surface area contributed by atoms with Crippen LogP contribution in [0.25, 0.3) is 0 Å². The van der Waals surface area contributed by atoms with E-state index in [9.17, 15) is 5.11 Å². The Labute approximate surface area is 95.0 Å². The molecular weight excluding hydrogens is 212 g/mol. The van der Waals surface area contributed by atoms with Crippen molar-refractivity contribution < 1.29 is 5.11 Å². The molecule has 0 aliphatic heterocycles. The lowest BCUT2D eigenvalue weighted by Crippen LogP contribution is -2.16. The second kappa shape index (κ2) is 4.54. The highest BCUT2D eigenvalue weighted by atomic mass is 35.5. The van der Waals surface area contributed by atoms with Gasteiger partial charge >= 0.3 is 0 Å². The Hall–Kier alpha value is -0.540. The quantitative estimate of drug-likeness (QED) is 0.863. The van der Waals surface area contributed by atoms with E-state index in [1.165, 1.54) is 0 Å². The van der Waals surface area contributed by atoms with Gasteiger partial charge in [-0.1, -0.05) is 18.0 Å². The normalized spacial score (nSPS) is 26.1. The second-order valence-electron chi connectivity index (χ2n) is 4.35. The van der Waals surface area contributed by atoms with E-state index in [-0.39, 0.29) is 6.10 Å². The summed E-state index contributed by atoms with van der Waals surface area (Å²) in [4.78, 5) is 0. The predicted octanol–water partition coefficient (Wildman–Crippen LogP) is 2.40. The van der Waals surface area contributed by atoms with Crippen molar-refractivity contribution in [3.05, 3.63) is 16.9 Å². The molecule has 1 fully saturated rings. The predicted molar refractivity (Wildman–Crippen MR) is 59.9 cm³/mol. The minimum atomic E-state index is -0.101. The summed E-state index contributed by atoms with van der Waals surface area (Å²) >= 11 is 5.92. The molecule has 15 heavy (non-hydrogen) atoms. The van der Waals surface area contributed by atoms with Gasteiger partial charge in [0.15, 0.2) is 0 Å². The van der Waals surface area contributed by atoms with Crippen LogP contribution in [0.15, 0.2) is 6.20 Å². The van der Waals surface area contributed by atoms with Crippen LogP contribution in [-0.2, 0) is 6.54 Å². The minimum Gasteiger partial charge on any atom is -0.393 e. The number of aliphatic hydroxyl groups is 1. The third kappa shape index (κ3) is 2.34. The second-order valence-corrected chi connectivity index (χ2v) is 4.76. The van der Waals surface area contributed by atoms with Gasteiger partial charge in [-0.05, 0) is 32.1 Å². The van der Waals surface area contributed by atoms with E-state index in [4.69, 9.17) is 11.6 Å². The van der Waals surface area contributed by atoms with Crippen molar-refractivity contribution in [3.63, 3.8) is 0 Å². The summed E-state index contributed by atoms with van der Waals surface area (Å²) in [6, 6.07) is 0. The topological polar surface area (TPSA) is 38.0 Å². The number of hydrogen-bond acceptors (Lipinski definition) is 2. The Kier molecular flexibility index (Phi) is 3.32. The van der Waals surface area contributed by atoms with E-state index in [2.05, 4.69) is 5.10 Å². The maximum Gasteiger partial charge on any atom is 0.0814 e. The van der Waals surface area contributed by atoms with Crippen LogP contribution in [0.2, 0.25) is 5.02 Å². The maximum atomic E-state index is 9.69.